The van der Waals surface area contributed by atoms with E-state index in [4.69, 9.17) is 9.84 Å². The van der Waals surface area contributed by atoms with Crippen molar-refractivity contribution in [3.63, 3.8) is 0 Å². The lowest BCUT2D eigenvalue weighted by Gasteiger charge is -2.16. The van der Waals surface area contributed by atoms with Crippen LogP contribution in [0.3, 0.4) is 0 Å². The topological polar surface area (TPSA) is 87.7 Å². The molecule has 106 valence electrons. The molecule has 0 aromatic rings. The third-order valence-corrected chi connectivity index (χ3v) is 2.93. The highest BCUT2D eigenvalue weighted by Gasteiger charge is 2.13. The molecule has 3 N–H and O–H groups in total. The molecule has 1 atom stereocenters. The minimum absolute atomic E-state index is 0.122. The number of rotatable bonds is 9. The van der Waals surface area contributed by atoms with Gasteiger partial charge < -0.3 is 20.5 Å². The zero-order chi connectivity index (χ0) is 14.0. The van der Waals surface area contributed by atoms with E-state index in [9.17, 15) is 9.59 Å². The predicted molar refractivity (Wildman–Crippen MR) is 68.5 cm³/mol. The molecule has 0 heterocycles. The Morgan fingerprint density at radius 1 is 1.17 bits per heavy atom. The molecule has 6 heteroatoms. The normalized spacial score (nSPS) is 12.2. The van der Waals surface area contributed by atoms with Gasteiger partial charge in [0, 0.05) is 20.2 Å². The first-order chi connectivity index (χ1) is 8.53. The first kappa shape index (κ1) is 16.7. The molecule has 0 aliphatic carbocycles. The molecule has 0 saturated heterocycles. The quantitative estimate of drug-likeness (QED) is 0.581. The highest BCUT2D eigenvalue weighted by atomic mass is 16.5. The van der Waals surface area contributed by atoms with E-state index in [1.807, 2.05) is 0 Å². The van der Waals surface area contributed by atoms with Crippen molar-refractivity contribution in [1.82, 2.24) is 10.6 Å². The van der Waals surface area contributed by atoms with Crippen LogP contribution in [0, 0.1) is 5.92 Å². The second kappa shape index (κ2) is 9.70. The summed E-state index contributed by atoms with van der Waals surface area (Å²) in [6.45, 7) is 5.00. The SMILES string of the molecule is CCC(CC)CNC(=O)NCC(CC(=O)O)OC. The van der Waals surface area contributed by atoms with E-state index in [1.54, 1.807) is 0 Å². The maximum Gasteiger partial charge on any atom is 0.314 e. The molecule has 6 nitrogen and oxygen atoms in total. The van der Waals surface area contributed by atoms with Crippen molar-refractivity contribution in [3.05, 3.63) is 0 Å². The molecule has 0 bridgehead atoms. The number of aliphatic carboxylic acids is 1. The van der Waals surface area contributed by atoms with E-state index < -0.39 is 12.1 Å². The van der Waals surface area contributed by atoms with Gasteiger partial charge in [0.15, 0.2) is 0 Å². The molecule has 0 aliphatic heterocycles. The minimum Gasteiger partial charge on any atom is -0.481 e. The smallest absolute Gasteiger partial charge is 0.314 e. The highest BCUT2D eigenvalue weighted by molar-refractivity contribution is 5.74. The van der Waals surface area contributed by atoms with Crippen LogP contribution in [-0.2, 0) is 9.53 Å². The van der Waals surface area contributed by atoms with Gasteiger partial charge in [-0.05, 0) is 5.92 Å². The summed E-state index contributed by atoms with van der Waals surface area (Å²) in [6.07, 6.45) is 1.43. The first-order valence-corrected chi connectivity index (χ1v) is 6.29. The average Bonchev–Trinajstić information content (AvgIpc) is 2.35. The number of urea groups is 1. The van der Waals surface area contributed by atoms with Gasteiger partial charge in [-0.25, -0.2) is 4.79 Å². The van der Waals surface area contributed by atoms with Crippen LogP contribution in [0.4, 0.5) is 4.79 Å². The van der Waals surface area contributed by atoms with E-state index in [1.165, 1.54) is 7.11 Å². The molecule has 1 unspecified atom stereocenters. The van der Waals surface area contributed by atoms with Crippen LogP contribution in [0.2, 0.25) is 0 Å². The lowest BCUT2D eigenvalue weighted by atomic mass is 10.0. The van der Waals surface area contributed by atoms with Crippen LogP contribution >= 0.6 is 0 Å². The van der Waals surface area contributed by atoms with Crippen molar-refractivity contribution < 1.29 is 19.4 Å². The monoisotopic (exact) mass is 260 g/mol. The zero-order valence-electron chi connectivity index (χ0n) is 11.4. The number of nitrogens with one attached hydrogen (secondary N) is 2. The summed E-state index contributed by atoms with van der Waals surface area (Å²) in [5, 5.41) is 14.0. The van der Waals surface area contributed by atoms with Crippen molar-refractivity contribution in [2.75, 3.05) is 20.2 Å². The molecule has 0 aliphatic rings. The fourth-order valence-electron chi connectivity index (χ4n) is 1.52. The lowest BCUT2D eigenvalue weighted by molar-refractivity contribution is -0.139. The van der Waals surface area contributed by atoms with Crippen molar-refractivity contribution in [1.29, 1.82) is 0 Å². The van der Waals surface area contributed by atoms with E-state index in [-0.39, 0.29) is 19.0 Å². The Balaban J connectivity index is 3.83. The molecule has 0 aromatic heterocycles. The molecular formula is C12H24N2O4. The van der Waals surface area contributed by atoms with Crippen LogP contribution in [0.15, 0.2) is 0 Å². The van der Waals surface area contributed by atoms with Gasteiger partial charge in [0.05, 0.1) is 12.5 Å². The Labute approximate surface area is 108 Å². The number of carboxylic acids is 1. The molecule has 0 rings (SSSR count). The van der Waals surface area contributed by atoms with E-state index in [2.05, 4.69) is 24.5 Å². The number of carbonyl (C=O) groups is 2. The fourth-order valence-corrected chi connectivity index (χ4v) is 1.52. The third kappa shape index (κ3) is 7.89. The van der Waals surface area contributed by atoms with Crippen molar-refractivity contribution in [2.24, 2.45) is 5.92 Å². The molecule has 0 spiro atoms. The largest absolute Gasteiger partial charge is 0.481 e. The molecule has 0 saturated carbocycles. The summed E-state index contributed by atoms with van der Waals surface area (Å²) in [6, 6.07) is -0.283. The van der Waals surface area contributed by atoms with Gasteiger partial charge in [-0.15, -0.1) is 0 Å². The summed E-state index contributed by atoms with van der Waals surface area (Å²) in [4.78, 5) is 22.0. The average molecular weight is 260 g/mol. The van der Waals surface area contributed by atoms with E-state index in [0.717, 1.165) is 12.8 Å². The van der Waals surface area contributed by atoms with Gasteiger partial charge in [0.25, 0.3) is 0 Å². The second-order valence-electron chi connectivity index (χ2n) is 4.23. The van der Waals surface area contributed by atoms with Crippen LogP contribution in [-0.4, -0.2) is 43.4 Å². The van der Waals surface area contributed by atoms with Crippen LogP contribution in [0.25, 0.3) is 0 Å². The van der Waals surface area contributed by atoms with Crippen molar-refractivity contribution in [3.8, 4) is 0 Å². The second-order valence-corrected chi connectivity index (χ2v) is 4.23. The Bertz CT molecular complexity index is 254. The Morgan fingerprint density at radius 3 is 2.17 bits per heavy atom. The van der Waals surface area contributed by atoms with Gasteiger partial charge in [0.2, 0.25) is 0 Å². The number of carboxylic acid groups (broad SMARTS) is 1. The van der Waals surface area contributed by atoms with Crippen molar-refractivity contribution in [2.45, 2.75) is 39.2 Å². The third-order valence-electron chi connectivity index (χ3n) is 2.93. The summed E-state index contributed by atoms with van der Waals surface area (Å²) in [7, 11) is 1.43. The molecular weight excluding hydrogens is 236 g/mol. The Morgan fingerprint density at radius 2 is 1.72 bits per heavy atom. The molecule has 0 radical (unpaired) electrons. The van der Waals surface area contributed by atoms with Crippen LogP contribution in [0.5, 0.6) is 0 Å². The predicted octanol–water partition coefficient (Wildman–Crippen LogP) is 1.21. The molecule has 18 heavy (non-hydrogen) atoms. The maximum absolute atomic E-state index is 11.5. The van der Waals surface area contributed by atoms with E-state index in [0.29, 0.717) is 12.5 Å². The van der Waals surface area contributed by atoms with Crippen LogP contribution < -0.4 is 10.6 Å². The highest BCUT2D eigenvalue weighted by Crippen LogP contribution is 2.04. The summed E-state index contributed by atoms with van der Waals surface area (Å²) >= 11 is 0. The first-order valence-electron chi connectivity index (χ1n) is 6.29. The molecule has 2 amide bonds. The minimum atomic E-state index is -0.943. The Kier molecular flexibility index (Phi) is 9.00. The van der Waals surface area contributed by atoms with Crippen molar-refractivity contribution >= 4 is 12.0 Å². The maximum atomic E-state index is 11.5. The van der Waals surface area contributed by atoms with Gasteiger partial charge in [-0.2, -0.15) is 0 Å². The van der Waals surface area contributed by atoms with Gasteiger partial charge >= 0.3 is 12.0 Å². The Hall–Kier alpha value is -1.30. The zero-order valence-corrected chi connectivity index (χ0v) is 11.4. The summed E-state index contributed by atoms with van der Waals surface area (Å²) in [5.41, 5.74) is 0. The van der Waals surface area contributed by atoms with Gasteiger partial charge in [-0.1, -0.05) is 26.7 Å². The summed E-state index contributed by atoms with van der Waals surface area (Å²) in [5.74, 6) is -0.464. The number of methoxy groups -OCH3 is 1. The number of amides is 2. The van der Waals surface area contributed by atoms with Gasteiger partial charge in [0.1, 0.15) is 0 Å². The van der Waals surface area contributed by atoms with E-state index >= 15 is 0 Å². The fraction of sp³-hybridized carbons (Fsp3) is 0.833. The van der Waals surface area contributed by atoms with Crippen LogP contribution in [0.1, 0.15) is 33.1 Å². The summed E-state index contributed by atoms with van der Waals surface area (Å²) < 4.78 is 4.96. The molecule has 0 fully saturated rings. The number of ether oxygens (including phenoxy) is 1. The van der Waals surface area contributed by atoms with Gasteiger partial charge in [-0.3, -0.25) is 4.79 Å². The molecule has 0 aromatic carbocycles. The number of hydrogen-bond donors (Lipinski definition) is 3. The number of hydrogen-bond acceptors (Lipinski definition) is 3. The lowest BCUT2D eigenvalue weighted by Crippen LogP contribution is -2.42. The number of carbonyl (C=O) groups excluding carboxylic acids is 1. The standard InChI is InChI=1S/C12H24N2O4/c1-4-9(5-2)7-13-12(17)14-8-10(18-3)6-11(15)16/h9-10H,4-8H2,1-3H3,(H,15,16)(H2,13,14,17).